The molecule has 110 valence electrons. The molecule has 0 saturated carbocycles. The van der Waals surface area contributed by atoms with Crippen molar-refractivity contribution in [3.8, 4) is 0 Å². The molecular weight excluding hydrogens is 244 g/mol. The Labute approximate surface area is 124 Å². The van der Waals surface area contributed by atoms with Crippen LogP contribution in [0.15, 0.2) is 34.3 Å². The fourth-order valence-corrected chi connectivity index (χ4v) is 1.81. The standard InChI is InChI=1S/C18H28N2/c1-7-17(4,5)15-11-10-12-16(13-15)19-14-20-18(6,8-2)9-3/h10-13H,7-9H2,1-6H3. The second-order valence-electron chi connectivity index (χ2n) is 6.32. The van der Waals surface area contributed by atoms with E-state index in [0.717, 1.165) is 24.9 Å². The first-order valence-corrected chi connectivity index (χ1v) is 7.65. The van der Waals surface area contributed by atoms with Crippen molar-refractivity contribution in [3.05, 3.63) is 29.8 Å². The van der Waals surface area contributed by atoms with Gasteiger partial charge in [0, 0.05) is 0 Å². The van der Waals surface area contributed by atoms with Crippen LogP contribution >= 0.6 is 0 Å². The van der Waals surface area contributed by atoms with Crippen LogP contribution in [0.3, 0.4) is 0 Å². The van der Waals surface area contributed by atoms with Crippen LogP contribution in [0.1, 0.15) is 66.4 Å². The van der Waals surface area contributed by atoms with E-state index in [1.54, 1.807) is 0 Å². The summed E-state index contributed by atoms with van der Waals surface area (Å²) in [6.07, 6.45) is 3.13. The van der Waals surface area contributed by atoms with E-state index in [2.05, 4.69) is 75.7 Å². The molecule has 20 heavy (non-hydrogen) atoms. The van der Waals surface area contributed by atoms with Crippen LogP contribution in [0.25, 0.3) is 0 Å². The van der Waals surface area contributed by atoms with Crippen molar-refractivity contribution in [2.45, 2.75) is 71.8 Å². The van der Waals surface area contributed by atoms with Crippen molar-refractivity contribution < 1.29 is 0 Å². The van der Waals surface area contributed by atoms with Gasteiger partial charge in [0.1, 0.15) is 0 Å². The van der Waals surface area contributed by atoms with Crippen molar-refractivity contribution in [1.82, 2.24) is 0 Å². The number of benzene rings is 1. The van der Waals surface area contributed by atoms with Gasteiger partial charge in [0.25, 0.3) is 0 Å². The molecule has 0 saturated heterocycles. The molecule has 1 aromatic carbocycles. The Morgan fingerprint density at radius 1 is 1.00 bits per heavy atom. The van der Waals surface area contributed by atoms with Crippen LogP contribution in [0, 0.1) is 0 Å². The number of nitrogens with zero attached hydrogens (tertiary/aromatic N) is 2. The van der Waals surface area contributed by atoms with Gasteiger partial charge in [0.2, 0.25) is 0 Å². The fourth-order valence-electron chi connectivity index (χ4n) is 1.81. The predicted molar refractivity (Wildman–Crippen MR) is 88.3 cm³/mol. The van der Waals surface area contributed by atoms with Crippen LogP contribution < -0.4 is 0 Å². The first-order valence-electron chi connectivity index (χ1n) is 7.65. The highest BCUT2D eigenvalue weighted by atomic mass is 14.9. The summed E-state index contributed by atoms with van der Waals surface area (Å²) in [5.41, 5.74) is 2.40. The number of aliphatic imine (C=N–C) groups is 2. The quantitative estimate of drug-likeness (QED) is 0.588. The molecule has 0 aliphatic heterocycles. The third-order valence-corrected chi connectivity index (χ3v) is 4.53. The number of rotatable bonds is 6. The number of hydrogen-bond acceptors (Lipinski definition) is 2. The van der Waals surface area contributed by atoms with Crippen LogP contribution in [0.4, 0.5) is 5.69 Å². The van der Waals surface area contributed by atoms with E-state index in [0.29, 0.717) is 0 Å². The van der Waals surface area contributed by atoms with Crippen molar-refractivity contribution >= 4 is 11.7 Å². The summed E-state index contributed by atoms with van der Waals surface area (Å²) in [6, 6.07) is 11.3. The first-order chi connectivity index (χ1) is 9.37. The lowest BCUT2D eigenvalue weighted by atomic mass is 9.82. The smallest absolute Gasteiger partial charge is 0.0954 e. The van der Waals surface area contributed by atoms with Gasteiger partial charge in [-0.15, -0.1) is 0 Å². The second kappa shape index (κ2) is 6.85. The zero-order valence-corrected chi connectivity index (χ0v) is 13.8. The monoisotopic (exact) mass is 272 g/mol. The molecular formula is C18H28N2. The topological polar surface area (TPSA) is 24.7 Å². The van der Waals surface area contributed by atoms with E-state index in [9.17, 15) is 0 Å². The van der Waals surface area contributed by atoms with E-state index in [1.807, 2.05) is 6.07 Å². The minimum absolute atomic E-state index is 0.0379. The van der Waals surface area contributed by atoms with Gasteiger partial charge in [0.15, 0.2) is 0 Å². The molecule has 0 aromatic heterocycles. The van der Waals surface area contributed by atoms with E-state index >= 15 is 0 Å². The number of hydrogen-bond donors (Lipinski definition) is 0. The van der Waals surface area contributed by atoms with Gasteiger partial charge in [-0.3, -0.25) is 0 Å². The molecule has 0 aliphatic carbocycles. The summed E-state index contributed by atoms with van der Waals surface area (Å²) >= 11 is 0. The molecule has 0 amide bonds. The summed E-state index contributed by atoms with van der Waals surface area (Å²) in [5, 5.41) is 0. The lowest BCUT2D eigenvalue weighted by Gasteiger charge is -2.23. The molecule has 0 spiro atoms. The van der Waals surface area contributed by atoms with Crippen molar-refractivity contribution in [3.63, 3.8) is 0 Å². The van der Waals surface area contributed by atoms with Crippen molar-refractivity contribution in [2.24, 2.45) is 9.98 Å². The third kappa shape index (κ3) is 4.31. The Hall–Kier alpha value is -1.40. The highest BCUT2D eigenvalue weighted by Crippen LogP contribution is 2.29. The van der Waals surface area contributed by atoms with Gasteiger partial charge < -0.3 is 0 Å². The minimum Gasteiger partial charge on any atom is -0.219 e. The molecule has 1 rings (SSSR count). The second-order valence-corrected chi connectivity index (χ2v) is 6.32. The minimum atomic E-state index is -0.0379. The lowest BCUT2D eigenvalue weighted by molar-refractivity contribution is 0.443. The lowest BCUT2D eigenvalue weighted by Crippen LogP contribution is -2.18. The van der Waals surface area contributed by atoms with Crippen molar-refractivity contribution in [1.29, 1.82) is 0 Å². The molecule has 0 radical (unpaired) electrons. The largest absolute Gasteiger partial charge is 0.219 e. The summed E-state index contributed by atoms with van der Waals surface area (Å²) in [6.45, 7) is 13.2. The van der Waals surface area contributed by atoms with Gasteiger partial charge in [-0.1, -0.05) is 46.8 Å². The first kappa shape index (κ1) is 16.7. The highest BCUT2D eigenvalue weighted by Gasteiger charge is 2.18. The summed E-state index contributed by atoms with van der Waals surface area (Å²) in [7, 11) is 0. The Balaban J connectivity index is 3.00. The van der Waals surface area contributed by atoms with Crippen LogP contribution in [-0.4, -0.2) is 11.5 Å². The zero-order valence-electron chi connectivity index (χ0n) is 13.8. The van der Waals surface area contributed by atoms with E-state index in [4.69, 9.17) is 0 Å². The summed E-state index contributed by atoms with van der Waals surface area (Å²) in [5.74, 6) is 0. The Morgan fingerprint density at radius 3 is 2.20 bits per heavy atom. The van der Waals surface area contributed by atoms with Crippen molar-refractivity contribution in [2.75, 3.05) is 0 Å². The SMILES string of the molecule is CCC(C)(CC)N=C=Nc1cccc(C(C)(C)CC)c1. The van der Waals surface area contributed by atoms with Gasteiger partial charge in [-0.2, -0.15) is 4.99 Å². The van der Waals surface area contributed by atoms with Gasteiger partial charge >= 0.3 is 0 Å². The predicted octanol–water partition coefficient (Wildman–Crippen LogP) is 5.76. The average Bonchev–Trinajstić information content (AvgIpc) is 2.47. The van der Waals surface area contributed by atoms with Crippen LogP contribution in [-0.2, 0) is 5.41 Å². The van der Waals surface area contributed by atoms with Crippen LogP contribution in [0.2, 0.25) is 0 Å². The normalized spacial score (nSPS) is 11.9. The third-order valence-electron chi connectivity index (χ3n) is 4.53. The molecule has 0 unspecified atom stereocenters. The van der Waals surface area contributed by atoms with Gasteiger partial charge in [-0.05, 0) is 49.3 Å². The summed E-state index contributed by atoms with van der Waals surface area (Å²) in [4.78, 5) is 8.86. The zero-order chi connectivity index (χ0) is 15.2. The Morgan fingerprint density at radius 2 is 1.65 bits per heavy atom. The average molecular weight is 272 g/mol. The van der Waals surface area contributed by atoms with Gasteiger partial charge in [-0.25, -0.2) is 4.99 Å². The van der Waals surface area contributed by atoms with Gasteiger partial charge in [0.05, 0.1) is 17.2 Å². The molecule has 0 fully saturated rings. The van der Waals surface area contributed by atoms with E-state index in [1.165, 1.54) is 5.56 Å². The molecule has 2 heteroatoms. The summed E-state index contributed by atoms with van der Waals surface area (Å²) < 4.78 is 0. The molecule has 0 heterocycles. The maximum absolute atomic E-state index is 4.48. The molecule has 0 bridgehead atoms. The van der Waals surface area contributed by atoms with E-state index in [-0.39, 0.29) is 11.0 Å². The maximum atomic E-state index is 4.48. The molecule has 0 aliphatic rings. The molecule has 2 nitrogen and oxygen atoms in total. The Kier molecular flexibility index (Phi) is 5.71. The van der Waals surface area contributed by atoms with Crippen LogP contribution in [0.5, 0.6) is 0 Å². The highest BCUT2D eigenvalue weighted by molar-refractivity contribution is 5.54. The molecule has 0 atom stereocenters. The molecule has 1 aromatic rings. The maximum Gasteiger partial charge on any atom is 0.0954 e. The Bertz CT molecular complexity index is 490. The molecule has 0 N–H and O–H groups in total. The van der Waals surface area contributed by atoms with E-state index < -0.39 is 0 Å². The fraction of sp³-hybridized carbons (Fsp3) is 0.611.